The molecule has 3 heteroatoms. The topological polar surface area (TPSA) is 59.1 Å². The van der Waals surface area contributed by atoms with E-state index in [1.54, 1.807) is 13.1 Å². The van der Waals surface area contributed by atoms with Crippen LogP contribution in [0, 0.1) is 6.92 Å². The molecular formula is C12H20N2O. The van der Waals surface area contributed by atoms with Gasteiger partial charge in [-0.3, -0.25) is 0 Å². The van der Waals surface area contributed by atoms with Crippen LogP contribution in [0.5, 0.6) is 0 Å². The van der Waals surface area contributed by atoms with E-state index in [4.69, 9.17) is 5.73 Å². The number of hydrogen-bond donors (Lipinski definition) is 2. The third-order valence-electron chi connectivity index (χ3n) is 2.59. The van der Waals surface area contributed by atoms with Crippen molar-refractivity contribution in [3.63, 3.8) is 0 Å². The van der Waals surface area contributed by atoms with Crippen LogP contribution in [0.25, 0.3) is 0 Å². The fraction of sp³-hybridized carbons (Fsp3) is 0.583. The number of hydrogen-bond acceptors (Lipinski definition) is 3. The summed E-state index contributed by atoms with van der Waals surface area (Å²) in [5, 5.41) is 9.45. The first-order valence-corrected chi connectivity index (χ1v) is 5.23. The number of pyridine rings is 1. The maximum Gasteiger partial charge on any atom is 0.127 e. The highest BCUT2D eigenvalue weighted by Crippen LogP contribution is 2.31. The van der Waals surface area contributed by atoms with Gasteiger partial charge in [0.15, 0.2) is 0 Å². The monoisotopic (exact) mass is 208 g/mol. The van der Waals surface area contributed by atoms with Gasteiger partial charge in [-0.15, -0.1) is 0 Å². The maximum atomic E-state index is 9.45. The molecule has 0 fully saturated rings. The Morgan fingerprint density at radius 3 is 2.67 bits per heavy atom. The second kappa shape index (κ2) is 4.19. The number of rotatable bonds is 3. The molecule has 0 bridgehead atoms. The van der Waals surface area contributed by atoms with Crippen molar-refractivity contribution in [2.24, 2.45) is 0 Å². The predicted octanol–water partition coefficient (Wildman–Crippen LogP) is 2.02. The van der Waals surface area contributed by atoms with E-state index < -0.39 is 0 Å². The summed E-state index contributed by atoms with van der Waals surface area (Å²) in [4.78, 5) is 4.15. The molecule has 1 aromatic rings. The molecule has 84 valence electrons. The molecular weight excluding hydrogens is 188 g/mol. The van der Waals surface area contributed by atoms with E-state index in [1.807, 2.05) is 13.0 Å². The number of anilines is 1. The van der Waals surface area contributed by atoms with Gasteiger partial charge in [-0.2, -0.15) is 0 Å². The standard InChI is InChI=1S/C12H20N2O/c1-8-5-10(11(13)14-7-8)12(3,4)6-9(2)15/h5,7,9,15H,6H2,1-4H3,(H2,13,14). The zero-order valence-electron chi connectivity index (χ0n) is 9.91. The van der Waals surface area contributed by atoms with E-state index in [-0.39, 0.29) is 11.5 Å². The van der Waals surface area contributed by atoms with Gasteiger partial charge in [-0.05, 0) is 31.2 Å². The summed E-state index contributed by atoms with van der Waals surface area (Å²) in [6.07, 6.45) is 2.11. The molecule has 3 N–H and O–H groups in total. The van der Waals surface area contributed by atoms with Gasteiger partial charge in [0.1, 0.15) is 5.82 Å². The summed E-state index contributed by atoms with van der Waals surface area (Å²) >= 11 is 0. The summed E-state index contributed by atoms with van der Waals surface area (Å²) < 4.78 is 0. The second-order valence-corrected chi connectivity index (χ2v) is 4.88. The number of nitrogens with two attached hydrogens (primary N) is 1. The largest absolute Gasteiger partial charge is 0.393 e. The third-order valence-corrected chi connectivity index (χ3v) is 2.59. The van der Waals surface area contributed by atoms with Crippen LogP contribution in [0.2, 0.25) is 0 Å². The van der Waals surface area contributed by atoms with Crippen LogP contribution in [0.1, 0.15) is 38.3 Å². The smallest absolute Gasteiger partial charge is 0.127 e. The van der Waals surface area contributed by atoms with Gasteiger partial charge in [-0.25, -0.2) is 4.98 Å². The highest BCUT2D eigenvalue weighted by atomic mass is 16.3. The number of aliphatic hydroxyl groups excluding tert-OH is 1. The minimum atomic E-state index is -0.333. The Morgan fingerprint density at radius 2 is 2.13 bits per heavy atom. The van der Waals surface area contributed by atoms with Crippen molar-refractivity contribution >= 4 is 5.82 Å². The van der Waals surface area contributed by atoms with Crippen LogP contribution in [0.3, 0.4) is 0 Å². The normalized spacial score (nSPS) is 13.9. The van der Waals surface area contributed by atoms with Crippen molar-refractivity contribution in [2.75, 3.05) is 5.73 Å². The van der Waals surface area contributed by atoms with Crippen LogP contribution in [-0.4, -0.2) is 16.2 Å². The molecule has 15 heavy (non-hydrogen) atoms. The van der Waals surface area contributed by atoms with Gasteiger partial charge in [-0.1, -0.05) is 19.9 Å². The SMILES string of the molecule is Cc1cnc(N)c(C(C)(C)CC(C)O)c1. The third kappa shape index (κ3) is 2.93. The van der Waals surface area contributed by atoms with Gasteiger partial charge in [0.2, 0.25) is 0 Å². The first-order chi connectivity index (χ1) is 6.83. The van der Waals surface area contributed by atoms with Crippen molar-refractivity contribution in [3.05, 3.63) is 23.4 Å². The van der Waals surface area contributed by atoms with Gasteiger partial charge in [0.25, 0.3) is 0 Å². The molecule has 1 aromatic heterocycles. The van der Waals surface area contributed by atoms with Crippen molar-refractivity contribution in [3.8, 4) is 0 Å². The summed E-state index contributed by atoms with van der Waals surface area (Å²) in [7, 11) is 0. The Kier molecular flexibility index (Phi) is 3.35. The average molecular weight is 208 g/mol. The molecule has 0 spiro atoms. The fourth-order valence-corrected chi connectivity index (χ4v) is 1.97. The quantitative estimate of drug-likeness (QED) is 0.799. The van der Waals surface area contributed by atoms with E-state index in [0.717, 1.165) is 11.1 Å². The Bertz CT molecular complexity index is 345. The molecule has 1 heterocycles. The predicted molar refractivity (Wildman–Crippen MR) is 62.7 cm³/mol. The molecule has 1 rings (SSSR count). The van der Waals surface area contributed by atoms with Crippen LogP contribution in [-0.2, 0) is 5.41 Å². The molecule has 1 atom stereocenters. The van der Waals surface area contributed by atoms with Crippen LogP contribution < -0.4 is 5.73 Å². The minimum Gasteiger partial charge on any atom is -0.393 e. The molecule has 3 nitrogen and oxygen atoms in total. The lowest BCUT2D eigenvalue weighted by molar-refractivity contribution is 0.157. The van der Waals surface area contributed by atoms with E-state index in [0.29, 0.717) is 12.2 Å². The van der Waals surface area contributed by atoms with Crippen molar-refractivity contribution in [2.45, 2.75) is 45.6 Å². The number of nitrogen functional groups attached to an aromatic ring is 1. The summed E-state index contributed by atoms with van der Waals surface area (Å²) in [6, 6.07) is 2.05. The first kappa shape index (κ1) is 12.0. The Balaban J connectivity index is 3.08. The van der Waals surface area contributed by atoms with Crippen LogP contribution in [0.4, 0.5) is 5.82 Å². The van der Waals surface area contributed by atoms with Gasteiger partial charge in [0.05, 0.1) is 6.10 Å². The van der Waals surface area contributed by atoms with Gasteiger partial charge < -0.3 is 10.8 Å². The van der Waals surface area contributed by atoms with Crippen molar-refractivity contribution < 1.29 is 5.11 Å². The number of aliphatic hydroxyl groups is 1. The van der Waals surface area contributed by atoms with E-state index in [9.17, 15) is 5.11 Å². The maximum absolute atomic E-state index is 9.45. The number of aromatic nitrogens is 1. The number of nitrogens with zero attached hydrogens (tertiary/aromatic N) is 1. The molecule has 1 unspecified atom stereocenters. The molecule has 0 amide bonds. The molecule has 0 aliphatic rings. The molecule has 0 saturated carbocycles. The minimum absolute atomic E-state index is 0.142. The lowest BCUT2D eigenvalue weighted by Gasteiger charge is -2.27. The lowest BCUT2D eigenvalue weighted by Crippen LogP contribution is -2.24. The molecule has 0 aromatic carbocycles. The van der Waals surface area contributed by atoms with Crippen LogP contribution >= 0.6 is 0 Å². The number of aryl methyl sites for hydroxylation is 1. The second-order valence-electron chi connectivity index (χ2n) is 4.88. The highest BCUT2D eigenvalue weighted by Gasteiger charge is 2.25. The van der Waals surface area contributed by atoms with E-state index >= 15 is 0 Å². The molecule has 0 saturated heterocycles. The zero-order chi connectivity index (χ0) is 11.6. The Labute approximate surface area is 91.3 Å². The molecule has 0 radical (unpaired) electrons. The van der Waals surface area contributed by atoms with E-state index in [2.05, 4.69) is 18.8 Å². The summed E-state index contributed by atoms with van der Waals surface area (Å²) in [6.45, 7) is 7.94. The Morgan fingerprint density at radius 1 is 1.53 bits per heavy atom. The van der Waals surface area contributed by atoms with Crippen molar-refractivity contribution in [1.82, 2.24) is 4.98 Å². The van der Waals surface area contributed by atoms with E-state index in [1.165, 1.54) is 0 Å². The van der Waals surface area contributed by atoms with Crippen molar-refractivity contribution in [1.29, 1.82) is 0 Å². The lowest BCUT2D eigenvalue weighted by atomic mass is 9.80. The van der Waals surface area contributed by atoms with Gasteiger partial charge >= 0.3 is 0 Å². The first-order valence-electron chi connectivity index (χ1n) is 5.23. The van der Waals surface area contributed by atoms with Crippen LogP contribution in [0.15, 0.2) is 12.3 Å². The molecule has 0 aliphatic heterocycles. The summed E-state index contributed by atoms with van der Waals surface area (Å²) in [5.74, 6) is 0.561. The van der Waals surface area contributed by atoms with Gasteiger partial charge in [0, 0.05) is 11.8 Å². The Hall–Kier alpha value is -1.09. The highest BCUT2D eigenvalue weighted by molar-refractivity contribution is 5.45. The fourth-order valence-electron chi connectivity index (χ4n) is 1.97. The zero-order valence-corrected chi connectivity index (χ0v) is 9.91. The molecule has 0 aliphatic carbocycles. The summed E-state index contributed by atoms with van der Waals surface area (Å²) in [5.41, 5.74) is 7.83. The average Bonchev–Trinajstić information content (AvgIpc) is 2.06.